The van der Waals surface area contributed by atoms with Gasteiger partial charge in [0.15, 0.2) is 0 Å². The van der Waals surface area contributed by atoms with Crippen LogP contribution in [-0.2, 0) is 12.7 Å². The summed E-state index contributed by atoms with van der Waals surface area (Å²) in [5.41, 5.74) is -2.03. The highest BCUT2D eigenvalue weighted by Crippen LogP contribution is 2.46. The van der Waals surface area contributed by atoms with E-state index in [9.17, 15) is 28.2 Å². The Bertz CT molecular complexity index is 635. The molecule has 1 heterocycles. The molecule has 0 unspecified atom stereocenters. The quantitative estimate of drug-likeness (QED) is 0.745. The molecule has 0 aromatic heterocycles. The van der Waals surface area contributed by atoms with Crippen LogP contribution in [0.5, 0.6) is 5.75 Å². The van der Waals surface area contributed by atoms with Crippen LogP contribution in [0.4, 0.5) is 23.7 Å². The summed E-state index contributed by atoms with van der Waals surface area (Å²) in [6.07, 6.45) is -4.28. The number of benzene rings is 1. The standard InChI is InChI=1S/C14H15F3N2O3/c1-13(22)4-8(5-13)19-11-7(6-18-12(19)21)2-9(20)3-10(11)14(15,16)17/h2-3,8,20,22H,4-6H2,1H3,(H,18,21). The molecule has 3 rings (SSSR count). The Morgan fingerprint density at radius 1 is 1.36 bits per heavy atom. The normalized spacial score (nSPS) is 28.0. The molecule has 2 amide bonds. The van der Waals surface area contributed by atoms with Crippen LogP contribution in [0.2, 0.25) is 0 Å². The SMILES string of the molecule is CC1(O)CC(N2C(=O)NCc3cc(O)cc(C(F)(F)F)c32)C1. The van der Waals surface area contributed by atoms with Crippen molar-refractivity contribution in [2.24, 2.45) is 0 Å². The van der Waals surface area contributed by atoms with Crippen LogP contribution in [0.15, 0.2) is 12.1 Å². The summed E-state index contributed by atoms with van der Waals surface area (Å²) in [5.74, 6) is -0.497. The van der Waals surface area contributed by atoms with Gasteiger partial charge in [0, 0.05) is 12.6 Å². The van der Waals surface area contributed by atoms with Crippen molar-refractivity contribution in [3.05, 3.63) is 23.3 Å². The van der Waals surface area contributed by atoms with Gasteiger partial charge in [-0.05, 0) is 37.5 Å². The van der Waals surface area contributed by atoms with E-state index in [0.717, 1.165) is 4.90 Å². The highest BCUT2D eigenvalue weighted by molar-refractivity contribution is 5.97. The molecule has 0 spiro atoms. The fourth-order valence-electron chi connectivity index (χ4n) is 3.16. The van der Waals surface area contributed by atoms with Crippen LogP contribution in [-0.4, -0.2) is 27.9 Å². The van der Waals surface area contributed by atoms with Gasteiger partial charge in [0.05, 0.1) is 16.9 Å². The predicted octanol–water partition coefficient (Wildman–Crippen LogP) is 2.35. The van der Waals surface area contributed by atoms with E-state index >= 15 is 0 Å². The van der Waals surface area contributed by atoms with E-state index in [1.807, 2.05) is 0 Å². The van der Waals surface area contributed by atoms with Crippen LogP contribution in [0.25, 0.3) is 0 Å². The number of nitrogens with one attached hydrogen (secondary N) is 1. The third-order valence-corrected chi connectivity index (χ3v) is 4.08. The van der Waals surface area contributed by atoms with Crippen LogP contribution < -0.4 is 10.2 Å². The van der Waals surface area contributed by atoms with Crippen molar-refractivity contribution >= 4 is 11.7 Å². The molecule has 22 heavy (non-hydrogen) atoms. The van der Waals surface area contributed by atoms with E-state index in [1.165, 1.54) is 6.07 Å². The molecule has 3 N–H and O–H groups in total. The van der Waals surface area contributed by atoms with E-state index in [1.54, 1.807) is 6.92 Å². The lowest BCUT2D eigenvalue weighted by molar-refractivity contribution is -0.137. The number of carbonyl (C=O) groups is 1. The second kappa shape index (κ2) is 4.52. The highest BCUT2D eigenvalue weighted by atomic mass is 19.4. The first-order chi connectivity index (χ1) is 10.1. The van der Waals surface area contributed by atoms with Crippen molar-refractivity contribution in [1.29, 1.82) is 0 Å². The number of halogens is 3. The molecule has 120 valence electrons. The van der Waals surface area contributed by atoms with Gasteiger partial charge in [-0.15, -0.1) is 0 Å². The van der Waals surface area contributed by atoms with Gasteiger partial charge in [-0.1, -0.05) is 0 Å². The van der Waals surface area contributed by atoms with Gasteiger partial charge in [0.2, 0.25) is 0 Å². The molecule has 1 fully saturated rings. The number of amides is 2. The minimum Gasteiger partial charge on any atom is -0.508 e. The van der Waals surface area contributed by atoms with Crippen LogP contribution >= 0.6 is 0 Å². The number of alkyl halides is 3. The van der Waals surface area contributed by atoms with Gasteiger partial charge >= 0.3 is 12.2 Å². The number of nitrogens with zero attached hydrogens (tertiary/aromatic N) is 1. The molecule has 1 aromatic carbocycles. The zero-order chi connectivity index (χ0) is 16.3. The minimum absolute atomic E-state index is 0.0781. The third-order valence-electron chi connectivity index (χ3n) is 4.08. The van der Waals surface area contributed by atoms with Crippen LogP contribution in [0.3, 0.4) is 0 Å². The Hall–Kier alpha value is -1.96. The second-order valence-electron chi connectivity index (χ2n) is 6.09. The van der Waals surface area contributed by atoms with Crippen LogP contribution in [0, 0.1) is 0 Å². The molecule has 0 atom stereocenters. The zero-order valence-corrected chi connectivity index (χ0v) is 11.7. The topological polar surface area (TPSA) is 72.8 Å². The van der Waals surface area contributed by atoms with Crippen LogP contribution in [0.1, 0.15) is 30.9 Å². The van der Waals surface area contributed by atoms with Crippen molar-refractivity contribution in [2.75, 3.05) is 4.90 Å². The lowest BCUT2D eigenvalue weighted by Gasteiger charge is -2.48. The number of phenols is 1. The predicted molar refractivity (Wildman–Crippen MR) is 71.5 cm³/mol. The number of aromatic hydroxyl groups is 1. The summed E-state index contributed by atoms with van der Waals surface area (Å²) < 4.78 is 39.8. The molecule has 1 aliphatic heterocycles. The van der Waals surface area contributed by atoms with Gasteiger partial charge in [-0.25, -0.2) is 4.79 Å². The first kappa shape index (κ1) is 15.0. The molecule has 5 nitrogen and oxygen atoms in total. The largest absolute Gasteiger partial charge is 0.508 e. The number of carbonyl (C=O) groups excluding carboxylic acids is 1. The molecule has 2 aliphatic rings. The van der Waals surface area contributed by atoms with Crippen molar-refractivity contribution in [3.8, 4) is 5.75 Å². The Morgan fingerprint density at radius 2 is 2.00 bits per heavy atom. The summed E-state index contributed by atoms with van der Waals surface area (Å²) in [4.78, 5) is 13.1. The summed E-state index contributed by atoms with van der Waals surface area (Å²) in [7, 11) is 0. The third kappa shape index (κ3) is 2.37. The average molecular weight is 316 g/mol. The van der Waals surface area contributed by atoms with E-state index < -0.39 is 35.2 Å². The number of phenolic OH excluding ortho intramolecular Hbond substituents is 1. The Morgan fingerprint density at radius 3 is 2.55 bits per heavy atom. The molecule has 8 heteroatoms. The number of aliphatic hydroxyl groups is 1. The number of urea groups is 1. The summed E-state index contributed by atoms with van der Waals surface area (Å²) in [6, 6.07) is 0.721. The van der Waals surface area contributed by atoms with E-state index in [0.29, 0.717) is 6.07 Å². The lowest BCUT2D eigenvalue weighted by Crippen LogP contribution is -2.59. The van der Waals surface area contributed by atoms with Crippen molar-refractivity contribution in [2.45, 2.75) is 44.1 Å². The molecule has 1 aliphatic carbocycles. The summed E-state index contributed by atoms with van der Waals surface area (Å²) in [6.45, 7) is 1.50. The maximum Gasteiger partial charge on any atom is 0.418 e. The first-order valence-corrected chi connectivity index (χ1v) is 6.81. The molecular formula is C14H15F3N2O3. The lowest BCUT2D eigenvalue weighted by atomic mass is 9.76. The molecule has 0 bridgehead atoms. The summed E-state index contributed by atoms with van der Waals surface area (Å²) in [5, 5.41) is 21.8. The highest BCUT2D eigenvalue weighted by Gasteiger charge is 2.48. The molecular weight excluding hydrogens is 301 g/mol. The molecule has 1 aromatic rings. The van der Waals surface area contributed by atoms with E-state index in [2.05, 4.69) is 5.32 Å². The number of fused-ring (bicyclic) bond motifs is 1. The van der Waals surface area contributed by atoms with Gasteiger partial charge < -0.3 is 15.5 Å². The number of anilines is 1. The fraction of sp³-hybridized carbons (Fsp3) is 0.500. The zero-order valence-electron chi connectivity index (χ0n) is 11.7. The Kier molecular flexibility index (Phi) is 3.07. The van der Waals surface area contributed by atoms with E-state index in [4.69, 9.17) is 0 Å². The monoisotopic (exact) mass is 316 g/mol. The molecule has 0 saturated heterocycles. The van der Waals surface area contributed by atoms with Gasteiger partial charge in [-0.2, -0.15) is 13.2 Å². The van der Waals surface area contributed by atoms with Crippen molar-refractivity contribution in [3.63, 3.8) is 0 Å². The van der Waals surface area contributed by atoms with E-state index in [-0.39, 0.29) is 30.6 Å². The summed E-state index contributed by atoms with van der Waals surface area (Å²) >= 11 is 0. The number of hydrogen-bond donors (Lipinski definition) is 3. The fourth-order valence-corrected chi connectivity index (χ4v) is 3.16. The maximum atomic E-state index is 13.3. The van der Waals surface area contributed by atoms with Gasteiger partial charge in [0.25, 0.3) is 0 Å². The van der Waals surface area contributed by atoms with Gasteiger partial charge in [-0.3, -0.25) is 4.90 Å². The minimum atomic E-state index is -4.69. The van der Waals surface area contributed by atoms with Crippen molar-refractivity contribution < 1.29 is 28.2 Å². The number of rotatable bonds is 1. The Labute approximate surface area is 124 Å². The maximum absolute atomic E-state index is 13.3. The first-order valence-electron chi connectivity index (χ1n) is 6.81. The molecule has 0 radical (unpaired) electrons. The average Bonchev–Trinajstić information content (AvgIpc) is 2.34. The smallest absolute Gasteiger partial charge is 0.418 e. The van der Waals surface area contributed by atoms with Gasteiger partial charge in [0.1, 0.15) is 5.75 Å². The van der Waals surface area contributed by atoms with Crippen molar-refractivity contribution in [1.82, 2.24) is 5.32 Å². The molecule has 1 saturated carbocycles. The number of hydrogen-bond acceptors (Lipinski definition) is 3. The Balaban J connectivity index is 2.11. The second-order valence-corrected chi connectivity index (χ2v) is 6.09.